The predicted octanol–water partition coefficient (Wildman–Crippen LogP) is 1.15. The summed E-state index contributed by atoms with van der Waals surface area (Å²) < 4.78 is 5.00. The molecule has 29 heavy (non-hydrogen) atoms. The average Bonchev–Trinajstić information content (AvgIpc) is 2.67. The Morgan fingerprint density at radius 2 is 1.34 bits per heavy atom. The van der Waals surface area contributed by atoms with Crippen LogP contribution in [0.1, 0.15) is 51.9 Å². The highest BCUT2D eigenvalue weighted by Gasteiger charge is 2.25. The highest BCUT2D eigenvalue weighted by Crippen LogP contribution is 2.17. The van der Waals surface area contributed by atoms with Crippen molar-refractivity contribution in [1.82, 2.24) is 15.1 Å². The minimum Gasteiger partial charge on any atom is -0.473 e. The van der Waals surface area contributed by atoms with Gasteiger partial charge < -0.3 is 30.1 Å². The van der Waals surface area contributed by atoms with Crippen LogP contribution in [0, 0.1) is 0 Å². The van der Waals surface area contributed by atoms with Crippen LogP contribution in [0.25, 0.3) is 0 Å². The molecule has 1 aliphatic heterocycles. The number of amides is 2. The lowest BCUT2D eigenvalue weighted by molar-refractivity contribution is -0.159. The summed E-state index contributed by atoms with van der Waals surface area (Å²) in [6.45, 7) is 4.95. The summed E-state index contributed by atoms with van der Waals surface area (Å²) in [5, 5.41) is 18.2. The first-order chi connectivity index (χ1) is 13.8. The third-order valence-electron chi connectivity index (χ3n) is 4.99. The quantitative estimate of drug-likeness (QED) is 0.582. The Bertz CT molecular complexity index is 528. The Morgan fingerprint density at radius 3 is 1.83 bits per heavy atom. The summed E-state index contributed by atoms with van der Waals surface area (Å²) in [6.07, 6.45) is 8.63. The van der Waals surface area contributed by atoms with Gasteiger partial charge in [-0.25, -0.2) is 14.4 Å². The standard InChI is InChI=1S/C17H31N3O3.C2H2O4/c1-2-23-17(22)20-12-10-19(11-13-20)16(21)14-18-15-8-6-4-3-5-7-9-15;3-1(4)2(5)6/h15,18H,2-14H2,1H3;(H,3,4)(H,5,6). The van der Waals surface area contributed by atoms with Crippen molar-refractivity contribution < 1.29 is 34.1 Å². The number of nitrogens with one attached hydrogen (secondary N) is 1. The molecule has 1 saturated carbocycles. The first-order valence-corrected chi connectivity index (χ1v) is 10.2. The zero-order chi connectivity index (χ0) is 21.6. The second-order valence-corrected chi connectivity index (χ2v) is 7.10. The summed E-state index contributed by atoms with van der Waals surface area (Å²) in [4.78, 5) is 45.7. The molecule has 1 aliphatic carbocycles. The number of piperazine rings is 1. The fraction of sp³-hybridized carbons (Fsp3) is 0.789. The SMILES string of the molecule is CCOC(=O)N1CCN(C(=O)CNC2CCCCCCC2)CC1.O=C(O)C(=O)O. The van der Waals surface area contributed by atoms with Gasteiger partial charge in [0.05, 0.1) is 13.2 Å². The molecular formula is C19H33N3O7. The van der Waals surface area contributed by atoms with Gasteiger partial charge in [-0.3, -0.25) is 4.79 Å². The van der Waals surface area contributed by atoms with Gasteiger partial charge in [0.1, 0.15) is 0 Å². The maximum atomic E-state index is 12.3. The second-order valence-electron chi connectivity index (χ2n) is 7.10. The summed E-state index contributed by atoms with van der Waals surface area (Å²) in [6, 6.07) is 0.486. The maximum absolute atomic E-state index is 12.3. The zero-order valence-corrected chi connectivity index (χ0v) is 17.1. The van der Waals surface area contributed by atoms with E-state index in [1.54, 1.807) is 11.8 Å². The van der Waals surface area contributed by atoms with E-state index in [2.05, 4.69) is 5.32 Å². The topological polar surface area (TPSA) is 136 Å². The van der Waals surface area contributed by atoms with Gasteiger partial charge in [-0.2, -0.15) is 0 Å². The fourth-order valence-corrected chi connectivity index (χ4v) is 3.36. The van der Waals surface area contributed by atoms with Crippen molar-refractivity contribution in [1.29, 1.82) is 0 Å². The first-order valence-electron chi connectivity index (χ1n) is 10.2. The van der Waals surface area contributed by atoms with Crippen molar-refractivity contribution in [2.75, 3.05) is 39.3 Å². The highest BCUT2D eigenvalue weighted by atomic mass is 16.6. The Morgan fingerprint density at radius 1 is 0.862 bits per heavy atom. The van der Waals surface area contributed by atoms with E-state index in [4.69, 9.17) is 24.5 Å². The highest BCUT2D eigenvalue weighted by molar-refractivity contribution is 6.27. The van der Waals surface area contributed by atoms with E-state index >= 15 is 0 Å². The molecule has 0 radical (unpaired) electrons. The van der Waals surface area contributed by atoms with Gasteiger partial charge in [0.2, 0.25) is 5.91 Å². The number of hydrogen-bond donors (Lipinski definition) is 3. The van der Waals surface area contributed by atoms with Crippen molar-refractivity contribution in [3.8, 4) is 0 Å². The summed E-state index contributed by atoms with van der Waals surface area (Å²) >= 11 is 0. The molecule has 0 spiro atoms. The third-order valence-corrected chi connectivity index (χ3v) is 4.99. The smallest absolute Gasteiger partial charge is 0.414 e. The molecule has 1 heterocycles. The van der Waals surface area contributed by atoms with E-state index in [1.165, 1.54) is 44.9 Å². The Kier molecular flexibility index (Phi) is 11.7. The molecule has 10 heteroatoms. The molecule has 2 aliphatic rings. The molecule has 0 aromatic carbocycles. The van der Waals surface area contributed by atoms with Crippen LogP contribution in [0.2, 0.25) is 0 Å². The Labute approximate surface area is 171 Å². The molecule has 2 amide bonds. The summed E-state index contributed by atoms with van der Waals surface area (Å²) in [5.41, 5.74) is 0. The average molecular weight is 415 g/mol. The number of carbonyl (C=O) groups is 4. The summed E-state index contributed by atoms with van der Waals surface area (Å²) in [7, 11) is 0. The number of aliphatic carboxylic acids is 2. The lowest BCUT2D eigenvalue weighted by atomic mass is 9.97. The van der Waals surface area contributed by atoms with Gasteiger partial charge in [-0.1, -0.05) is 32.1 Å². The van der Waals surface area contributed by atoms with Gasteiger partial charge in [0, 0.05) is 32.2 Å². The number of carbonyl (C=O) groups excluding carboxylic acids is 2. The zero-order valence-electron chi connectivity index (χ0n) is 17.1. The van der Waals surface area contributed by atoms with E-state index in [0.29, 0.717) is 45.4 Å². The number of ether oxygens (including phenoxy) is 1. The minimum absolute atomic E-state index is 0.149. The van der Waals surface area contributed by atoms with Crippen molar-refractivity contribution in [3.63, 3.8) is 0 Å². The lowest BCUT2D eigenvalue weighted by Crippen LogP contribution is -2.53. The Balaban J connectivity index is 0.000000612. The monoisotopic (exact) mass is 415 g/mol. The van der Waals surface area contributed by atoms with Crippen molar-refractivity contribution in [3.05, 3.63) is 0 Å². The normalized spacial score (nSPS) is 18.0. The number of nitrogens with zero attached hydrogens (tertiary/aromatic N) is 2. The number of rotatable bonds is 4. The van der Waals surface area contributed by atoms with E-state index in [9.17, 15) is 9.59 Å². The van der Waals surface area contributed by atoms with Crippen molar-refractivity contribution in [2.45, 2.75) is 57.9 Å². The number of carboxylic acid groups (broad SMARTS) is 2. The molecule has 1 saturated heterocycles. The molecule has 0 unspecified atom stereocenters. The van der Waals surface area contributed by atoms with Crippen LogP contribution in [0.15, 0.2) is 0 Å². The lowest BCUT2D eigenvalue weighted by Gasteiger charge is -2.34. The van der Waals surface area contributed by atoms with E-state index in [0.717, 1.165) is 0 Å². The molecule has 3 N–H and O–H groups in total. The Hall–Kier alpha value is -2.36. The van der Waals surface area contributed by atoms with Crippen LogP contribution in [-0.4, -0.2) is 89.3 Å². The van der Waals surface area contributed by atoms with Gasteiger partial charge in [-0.15, -0.1) is 0 Å². The number of carboxylic acids is 2. The molecule has 166 valence electrons. The second kappa shape index (κ2) is 13.8. The molecule has 0 aromatic rings. The third kappa shape index (κ3) is 10.1. The van der Waals surface area contributed by atoms with Crippen molar-refractivity contribution in [2.24, 2.45) is 0 Å². The minimum atomic E-state index is -1.82. The van der Waals surface area contributed by atoms with Gasteiger partial charge >= 0.3 is 18.0 Å². The maximum Gasteiger partial charge on any atom is 0.414 e. The first kappa shape index (κ1) is 24.7. The van der Waals surface area contributed by atoms with Gasteiger partial charge in [-0.05, 0) is 19.8 Å². The van der Waals surface area contributed by atoms with Crippen LogP contribution in [0.3, 0.4) is 0 Å². The van der Waals surface area contributed by atoms with Crippen LogP contribution >= 0.6 is 0 Å². The van der Waals surface area contributed by atoms with E-state index in [1.807, 2.05) is 4.90 Å². The number of hydrogen-bond acceptors (Lipinski definition) is 6. The van der Waals surface area contributed by atoms with E-state index in [-0.39, 0.29) is 12.0 Å². The van der Waals surface area contributed by atoms with Crippen LogP contribution in [0.4, 0.5) is 4.79 Å². The molecule has 10 nitrogen and oxygen atoms in total. The fourth-order valence-electron chi connectivity index (χ4n) is 3.36. The van der Waals surface area contributed by atoms with Gasteiger partial charge in [0.15, 0.2) is 0 Å². The molecule has 0 aromatic heterocycles. The molecule has 2 rings (SSSR count). The van der Waals surface area contributed by atoms with Crippen LogP contribution < -0.4 is 5.32 Å². The van der Waals surface area contributed by atoms with Gasteiger partial charge in [0.25, 0.3) is 0 Å². The molecule has 2 fully saturated rings. The van der Waals surface area contributed by atoms with Crippen LogP contribution in [0.5, 0.6) is 0 Å². The molecule has 0 bridgehead atoms. The van der Waals surface area contributed by atoms with E-state index < -0.39 is 11.9 Å². The van der Waals surface area contributed by atoms with Crippen molar-refractivity contribution >= 4 is 23.9 Å². The molecular weight excluding hydrogens is 382 g/mol. The van der Waals surface area contributed by atoms with Crippen LogP contribution in [-0.2, 0) is 19.1 Å². The predicted molar refractivity (Wildman–Crippen MR) is 105 cm³/mol. The molecule has 0 atom stereocenters. The largest absolute Gasteiger partial charge is 0.473 e. The summed E-state index contributed by atoms with van der Waals surface area (Å²) in [5.74, 6) is -3.50.